The zero-order valence-corrected chi connectivity index (χ0v) is 10.2. The van der Waals surface area contributed by atoms with E-state index in [0.717, 1.165) is 16.5 Å². The Kier molecular flexibility index (Phi) is 5.26. The highest BCUT2D eigenvalue weighted by molar-refractivity contribution is 9.10. The van der Waals surface area contributed by atoms with Crippen molar-refractivity contribution in [2.24, 2.45) is 5.11 Å². The summed E-state index contributed by atoms with van der Waals surface area (Å²) >= 11 is 9.24. The van der Waals surface area contributed by atoms with Crippen molar-refractivity contribution >= 4 is 33.6 Å². The molecule has 0 amide bonds. The van der Waals surface area contributed by atoms with E-state index in [1.54, 1.807) is 0 Å². The quantitative estimate of drug-likeness (QED) is 0.330. The van der Waals surface area contributed by atoms with Crippen LogP contribution in [-0.4, -0.2) is 6.54 Å². The number of benzene rings is 1. The summed E-state index contributed by atoms with van der Waals surface area (Å²) in [6, 6.07) is 5.67. The summed E-state index contributed by atoms with van der Waals surface area (Å²) in [4.78, 5) is 2.67. The second-order valence-electron chi connectivity index (χ2n) is 2.85. The van der Waals surface area contributed by atoms with Crippen LogP contribution in [0.1, 0.15) is 12.0 Å². The molecule has 1 aromatic carbocycles. The Morgan fingerprint density at radius 1 is 1.47 bits per heavy atom. The van der Waals surface area contributed by atoms with Crippen LogP contribution in [0.25, 0.3) is 16.5 Å². The number of azide groups is 1. The minimum absolute atomic E-state index is 0.481. The third kappa shape index (κ3) is 4.88. The molecule has 3 nitrogen and oxygen atoms in total. The zero-order valence-electron chi connectivity index (χ0n) is 7.90. The lowest BCUT2D eigenvalue weighted by molar-refractivity contribution is 0.996. The molecule has 0 aromatic heterocycles. The van der Waals surface area contributed by atoms with Crippen LogP contribution in [0.5, 0.6) is 0 Å². The van der Waals surface area contributed by atoms with E-state index in [2.05, 4.69) is 26.0 Å². The molecular weight excluding hydrogens is 277 g/mol. The molecule has 1 rings (SSSR count). The molecule has 5 heteroatoms. The average molecular weight is 287 g/mol. The van der Waals surface area contributed by atoms with E-state index in [-0.39, 0.29) is 0 Å². The van der Waals surface area contributed by atoms with Crippen molar-refractivity contribution in [3.05, 3.63) is 49.8 Å². The van der Waals surface area contributed by atoms with Gasteiger partial charge in [-0.15, -0.1) is 0 Å². The van der Waals surface area contributed by atoms with E-state index < -0.39 is 0 Å². The Labute approximate surface area is 102 Å². The predicted molar refractivity (Wildman–Crippen MR) is 66.8 cm³/mol. The highest BCUT2D eigenvalue weighted by Crippen LogP contribution is 2.20. The van der Waals surface area contributed by atoms with Crippen molar-refractivity contribution in [1.82, 2.24) is 0 Å². The molecule has 0 saturated heterocycles. The third-order valence-electron chi connectivity index (χ3n) is 1.65. The van der Waals surface area contributed by atoms with E-state index in [4.69, 9.17) is 17.1 Å². The molecule has 15 heavy (non-hydrogen) atoms. The third-order valence-corrected chi connectivity index (χ3v) is 2.33. The van der Waals surface area contributed by atoms with Crippen molar-refractivity contribution in [2.45, 2.75) is 6.42 Å². The number of nitrogens with zero attached hydrogens (tertiary/aromatic N) is 3. The van der Waals surface area contributed by atoms with E-state index in [0.29, 0.717) is 11.6 Å². The van der Waals surface area contributed by atoms with Crippen molar-refractivity contribution in [3.63, 3.8) is 0 Å². The minimum atomic E-state index is 0.481. The number of halogens is 2. The van der Waals surface area contributed by atoms with Gasteiger partial charge in [0.2, 0.25) is 0 Å². The summed E-state index contributed by atoms with van der Waals surface area (Å²) in [5, 5.41) is 4.13. The van der Waals surface area contributed by atoms with Gasteiger partial charge < -0.3 is 0 Å². The number of hydrogen-bond donors (Lipinski definition) is 0. The summed E-state index contributed by atoms with van der Waals surface area (Å²) in [7, 11) is 0. The zero-order chi connectivity index (χ0) is 11.1. The van der Waals surface area contributed by atoms with Crippen LogP contribution in [0.4, 0.5) is 0 Å². The van der Waals surface area contributed by atoms with Gasteiger partial charge in [0.1, 0.15) is 0 Å². The first kappa shape index (κ1) is 12.1. The van der Waals surface area contributed by atoms with E-state index in [9.17, 15) is 0 Å². The molecule has 0 heterocycles. The van der Waals surface area contributed by atoms with Crippen LogP contribution in [-0.2, 0) is 0 Å². The fourth-order valence-electron chi connectivity index (χ4n) is 1.07. The van der Waals surface area contributed by atoms with Crippen LogP contribution < -0.4 is 0 Å². The van der Waals surface area contributed by atoms with Crippen molar-refractivity contribution in [2.75, 3.05) is 6.54 Å². The van der Waals surface area contributed by atoms with Crippen LogP contribution in [0, 0.1) is 0 Å². The van der Waals surface area contributed by atoms with Gasteiger partial charge in [0.15, 0.2) is 0 Å². The van der Waals surface area contributed by atoms with Crippen molar-refractivity contribution in [3.8, 4) is 0 Å². The normalized spacial score (nSPS) is 10.3. The van der Waals surface area contributed by atoms with E-state index in [1.165, 1.54) is 0 Å². The second-order valence-corrected chi connectivity index (χ2v) is 4.20. The molecule has 0 bridgehead atoms. The topological polar surface area (TPSA) is 48.8 Å². The first-order valence-electron chi connectivity index (χ1n) is 4.36. The summed E-state index contributed by atoms with van der Waals surface area (Å²) in [6.07, 6.45) is 4.63. The van der Waals surface area contributed by atoms with E-state index >= 15 is 0 Å². The predicted octanol–water partition coefficient (Wildman–Crippen LogP) is 4.82. The van der Waals surface area contributed by atoms with Gasteiger partial charge in [-0.2, -0.15) is 0 Å². The molecule has 0 unspecified atom stereocenters. The van der Waals surface area contributed by atoms with Gasteiger partial charge in [0, 0.05) is 21.0 Å². The monoisotopic (exact) mass is 285 g/mol. The summed E-state index contributed by atoms with van der Waals surface area (Å²) in [5.74, 6) is 0. The number of rotatable bonds is 4. The lowest BCUT2D eigenvalue weighted by Gasteiger charge is -1.96. The molecule has 0 atom stereocenters. The van der Waals surface area contributed by atoms with Gasteiger partial charge >= 0.3 is 0 Å². The molecule has 0 aliphatic carbocycles. The molecule has 78 valence electrons. The first-order chi connectivity index (χ1) is 7.22. The van der Waals surface area contributed by atoms with E-state index in [1.807, 2.05) is 30.4 Å². The largest absolute Gasteiger partial charge is 0.0937 e. The molecule has 0 radical (unpaired) electrons. The maximum atomic E-state index is 8.07. The van der Waals surface area contributed by atoms with Crippen molar-refractivity contribution in [1.29, 1.82) is 0 Å². The maximum Gasteiger partial charge on any atom is 0.0423 e. The summed E-state index contributed by atoms with van der Waals surface area (Å²) < 4.78 is 0.949. The fraction of sp³-hybridized carbons (Fsp3) is 0.200. The molecule has 0 fully saturated rings. The SMILES string of the molecule is [N-]=[N+]=NCCC=Cc1cc(Cl)cc(Br)c1. The molecule has 0 N–H and O–H groups in total. The lowest BCUT2D eigenvalue weighted by atomic mass is 10.2. The second kappa shape index (κ2) is 6.51. The fourth-order valence-corrected chi connectivity index (χ4v) is 1.95. The van der Waals surface area contributed by atoms with Gasteiger partial charge in [-0.25, -0.2) is 0 Å². The Balaban J connectivity index is 2.59. The molecule has 1 aromatic rings. The molecule has 0 aliphatic rings. The Bertz CT molecular complexity index is 391. The smallest absolute Gasteiger partial charge is 0.0423 e. The highest BCUT2D eigenvalue weighted by atomic mass is 79.9. The summed E-state index contributed by atoms with van der Waals surface area (Å²) in [6.45, 7) is 0.481. The molecular formula is C10H9BrClN3. The van der Waals surface area contributed by atoms with Crippen LogP contribution >= 0.6 is 27.5 Å². The summed E-state index contributed by atoms with van der Waals surface area (Å²) in [5.41, 5.74) is 9.09. The van der Waals surface area contributed by atoms with Gasteiger partial charge in [0.25, 0.3) is 0 Å². The Hall–Kier alpha value is -0.960. The number of hydrogen-bond acceptors (Lipinski definition) is 1. The minimum Gasteiger partial charge on any atom is -0.0937 e. The van der Waals surface area contributed by atoms with Crippen LogP contribution in [0.15, 0.2) is 33.9 Å². The maximum absolute atomic E-state index is 8.07. The lowest BCUT2D eigenvalue weighted by Crippen LogP contribution is -1.76. The average Bonchev–Trinajstić information content (AvgIpc) is 2.16. The molecule has 0 aliphatic heterocycles. The Morgan fingerprint density at radius 2 is 2.27 bits per heavy atom. The first-order valence-corrected chi connectivity index (χ1v) is 5.53. The van der Waals surface area contributed by atoms with Crippen LogP contribution in [0.3, 0.4) is 0 Å². The van der Waals surface area contributed by atoms with Gasteiger partial charge in [-0.3, -0.25) is 0 Å². The van der Waals surface area contributed by atoms with Gasteiger partial charge in [0.05, 0.1) is 0 Å². The van der Waals surface area contributed by atoms with Crippen molar-refractivity contribution < 1.29 is 0 Å². The van der Waals surface area contributed by atoms with Gasteiger partial charge in [-0.05, 0) is 35.7 Å². The van der Waals surface area contributed by atoms with Gasteiger partial charge in [-0.1, -0.05) is 44.8 Å². The van der Waals surface area contributed by atoms with Crippen LogP contribution in [0.2, 0.25) is 5.02 Å². The standard InChI is InChI=1S/C10H9BrClN3/c11-9-5-8(6-10(12)7-9)3-1-2-4-14-15-13/h1,3,5-7H,2,4H2. The molecule has 0 spiro atoms. The Morgan fingerprint density at radius 3 is 2.93 bits per heavy atom. The highest BCUT2D eigenvalue weighted by Gasteiger charge is 1.93. The molecule has 0 saturated carbocycles.